The van der Waals surface area contributed by atoms with Gasteiger partial charge in [0, 0.05) is 42.0 Å². The number of amides is 1. The summed E-state index contributed by atoms with van der Waals surface area (Å²) < 4.78 is 51.9. The number of thiazole rings is 1. The van der Waals surface area contributed by atoms with Crippen LogP contribution in [0.3, 0.4) is 0 Å². The van der Waals surface area contributed by atoms with Gasteiger partial charge in [-0.2, -0.15) is 13.2 Å². The molecule has 1 aromatic carbocycles. The van der Waals surface area contributed by atoms with Crippen molar-refractivity contribution in [3.63, 3.8) is 0 Å². The summed E-state index contributed by atoms with van der Waals surface area (Å²) in [5, 5.41) is 4.98. The maximum absolute atomic E-state index is 13.5. The Morgan fingerprint density at radius 2 is 1.89 bits per heavy atom. The minimum atomic E-state index is -4.74. The van der Waals surface area contributed by atoms with Crippen LogP contribution in [0.5, 0.6) is 0 Å². The van der Waals surface area contributed by atoms with E-state index < -0.39 is 29.0 Å². The zero-order chi connectivity index (χ0) is 20.3. The number of aromatic nitrogens is 3. The van der Waals surface area contributed by atoms with E-state index in [1.54, 1.807) is 18.5 Å². The molecule has 1 unspecified atom stereocenters. The molecule has 0 aliphatic heterocycles. The van der Waals surface area contributed by atoms with E-state index in [0.717, 1.165) is 6.07 Å². The second kappa shape index (κ2) is 8.01. The fourth-order valence-electron chi connectivity index (χ4n) is 2.54. The van der Waals surface area contributed by atoms with Crippen molar-refractivity contribution in [3.05, 3.63) is 64.8 Å². The number of halogens is 4. The molecule has 10 heteroatoms. The van der Waals surface area contributed by atoms with Crippen LogP contribution in [0.25, 0.3) is 10.7 Å². The summed E-state index contributed by atoms with van der Waals surface area (Å²) in [7, 11) is 0. The Kier molecular flexibility index (Phi) is 5.68. The molecule has 2 aromatic heterocycles. The number of nitrogens with one attached hydrogen (secondary N) is 1. The van der Waals surface area contributed by atoms with Gasteiger partial charge in [0.2, 0.25) is 0 Å². The standard InChI is InChI=1S/C18H14F4N4OS/c1-10(14-15(24-3-2-23-14)17-25-4-5-28-17)9-26-16(27)11-6-12(18(20,21)22)8-13(19)7-11/h2-8,10H,9H2,1H3,(H,26,27). The number of hydrogen-bond acceptors (Lipinski definition) is 5. The van der Waals surface area contributed by atoms with Gasteiger partial charge in [0.1, 0.15) is 16.5 Å². The first-order valence-electron chi connectivity index (χ1n) is 8.12. The second-order valence-electron chi connectivity index (χ2n) is 5.96. The van der Waals surface area contributed by atoms with Crippen molar-refractivity contribution < 1.29 is 22.4 Å². The van der Waals surface area contributed by atoms with Crippen molar-refractivity contribution in [2.45, 2.75) is 19.0 Å². The fourth-order valence-corrected chi connectivity index (χ4v) is 3.18. The van der Waals surface area contributed by atoms with E-state index in [9.17, 15) is 22.4 Å². The van der Waals surface area contributed by atoms with Crippen molar-refractivity contribution in [2.75, 3.05) is 6.54 Å². The molecule has 0 bridgehead atoms. The van der Waals surface area contributed by atoms with Crippen LogP contribution in [0.4, 0.5) is 17.6 Å². The Labute approximate surface area is 161 Å². The van der Waals surface area contributed by atoms with Gasteiger partial charge in [0.25, 0.3) is 5.91 Å². The van der Waals surface area contributed by atoms with E-state index in [-0.39, 0.29) is 12.5 Å². The van der Waals surface area contributed by atoms with Crippen LogP contribution in [0, 0.1) is 5.82 Å². The molecule has 3 rings (SSSR count). The molecule has 1 atom stereocenters. The molecule has 0 spiro atoms. The summed E-state index contributed by atoms with van der Waals surface area (Å²) in [4.78, 5) is 25.0. The lowest BCUT2D eigenvalue weighted by Gasteiger charge is -2.15. The lowest BCUT2D eigenvalue weighted by molar-refractivity contribution is -0.137. The molecule has 0 fully saturated rings. The van der Waals surface area contributed by atoms with Gasteiger partial charge in [0.05, 0.1) is 11.3 Å². The zero-order valence-electron chi connectivity index (χ0n) is 14.5. The molecule has 0 saturated carbocycles. The van der Waals surface area contributed by atoms with Crippen molar-refractivity contribution in [1.29, 1.82) is 0 Å². The summed E-state index contributed by atoms with van der Waals surface area (Å²) in [5.74, 6) is -2.24. The highest BCUT2D eigenvalue weighted by Crippen LogP contribution is 2.30. The molecule has 3 aromatic rings. The summed E-state index contributed by atoms with van der Waals surface area (Å²) in [6.07, 6.45) is -0.0797. The molecular formula is C18H14F4N4OS. The first-order valence-corrected chi connectivity index (χ1v) is 9.00. The van der Waals surface area contributed by atoms with E-state index in [1.807, 2.05) is 0 Å². The number of carbonyl (C=O) groups is 1. The third kappa shape index (κ3) is 4.50. The molecule has 0 aliphatic carbocycles. The van der Waals surface area contributed by atoms with E-state index in [2.05, 4.69) is 20.3 Å². The monoisotopic (exact) mass is 410 g/mol. The van der Waals surface area contributed by atoms with Crippen LogP contribution in [-0.4, -0.2) is 27.4 Å². The van der Waals surface area contributed by atoms with Gasteiger partial charge < -0.3 is 5.32 Å². The van der Waals surface area contributed by atoms with Gasteiger partial charge in [-0.05, 0) is 18.2 Å². The Bertz CT molecular complexity index is 976. The average Bonchev–Trinajstić information content (AvgIpc) is 3.19. The predicted octanol–water partition coefficient (Wildman–Crippen LogP) is 4.29. The quantitative estimate of drug-likeness (QED) is 0.637. The molecule has 28 heavy (non-hydrogen) atoms. The predicted molar refractivity (Wildman–Crippen MR) is 95.3 cm³/mol. The average molecular weight is 410 g/mol. The Hall–Kier alpha value is -2.88. The Morgan fingerprint density at radius 1 is 1.14 bits per heavy atom. The highest BCUT2D eigenvalue weighted by atomic mass is 32.1. The van der Waals surface area contributed by atoms with Crippen molar-refractivity contribution in [1.82, 2.24) is 20.3 Å². The summed E-state index contributed by atoms with van der Waals surface area (Å²) in [6.45, 7) is 1.86. The number of carbonyl (C=O) groups excluding carboxylic acids is 1. The second-order valence-corrected chi connectivity index (χ2v) is 6.86. The number of benzene rings is 1. The van der Waals surface area contributed by atoms with E-state index in [0.29, 0.717) is 28.5 Å². The largest absolute Gasteiger partial charge is 0.416 e. The van der Waals surface area contributed by atoms with Gasteiger partial charge >= 0.3 is 6.18 Å². The van der Waals surface area contributed by atoms with Gasteiger partial charge in [-0.25, -0.2) is 9.37 Å². The molecule has 146 valence electrons. The third-order valence-electron chi connectivity index (χ3n) is 3.88. The number of hydrogen-bond donors (Lipinski definition) is 1. The van der Waals surface area contributed by atoms with Crippen LogP contribution >= 0.6 is 11.3 Å². The van der Waals surface area contributed by atoms with Crippen LogP contribution in [0.2, 0.25) is 0 Å². The highest BCUT2D eigenvalue weighted by molar-refractivity contribution is 7.13. The molecule has 5 nitrogen and oxygen atoms in total. The van der Waals surface area contributed by atoms with Crippen LogP contribution in [0.15, 0.2) is 42.2 Å². The van der Waals surface area contributed by atoms with E-state index >= 15 is 0 Å². The molecule has 0 saturated heterocycles. The van der Waals surface area contributed by atoms with Crippen molar-refractivity contribution in [3.8, 4) is 10.7 Å². The van der Waals surface area contributed by atoms with Gasteiger partial charge in [-0.1, -0.05) is 6.92 Å². The minimum absolute atomic E-state index is 0.0771. The van der Waals surface area contributed by atoms with Crippen LogP contribution in [0.1, 0.15) is 34.5 Å². The molecule has 1 amide bonds. The molecule has 2 heterocycles. The highest BCUT2D eigenvalue weighted by Gasteiger charge is 2.32. The lowest BCUT2D eigenvalue weighted by atomic mass is 10.0. The number of rotatable bonds is 5. The van der Waals surface area contributed by atoms with Crippen molar-refractivity contribution in [2.24, 2.45) is 0 Å². The fraction of sp³-hybridized carbons (Fsp3) is 0.222. The first-order chi connectivity index (χ1) is 13.3. The maximum Gasteiger partial charge on any atom is 0.416 e. The topological polar surface area (TPSA) is 67.8 Å². The number of alkyl halides is 3. The smallest absolute Gasteiger partial charge is 0.351 e. The molecular weight excluding hydrogens is 396 g/mol. The van der Waals surface area contributed by atoms with Gasteiger partial charge in [-0.15, -0.1) is 11.3 Å². The molecule has 0 aliphatic rings. The normalized spacial score (nSPS) is 12.6. The first kappa shape index (κ1) is 19.9. The molecule has 1 N–H and O–H groups in total. The Morgan fingerprint density at radius 3 is 2.57 bits per heavy atom. The molecule has 0 radical (unpaired) electrons. The van der Waals surface area contributed by atoms with Crippen molar-refractivity contribution >= 4 is 17.2 Å². The van der Waals surface area contributed by atoms with Gasteiger partial charge in [-0.3, -0.25) is 14.8 Å². The van der Waals surface area contributed by atoms with Crippen LogP contribution in [-0.2, 0) is 6.18 Å². The third-order valence-corrected chi connectivity index (χ3v) is 4.66. The lowest BCUT2D eigenvalue weighted by Crippen LogP contribution is -2.28. The van der Waals surface area contributed by atoms with E-state index in [1.165, 1.54) is 23.7 Å². The summed E-state index contributed by atoms with van der Waals surface area (Å²) >= 11 is 1.39. The number of nitrogens with zero attached hydrogens (tertiary/aromatic N) is 3. The maximum atomic E-state index is 13.5. The van der Waals surface area contributed by atoms with Crippen LogP contribution < -0.4 is 5.32 Å². The summed E-state index contributed by atoms with van der Waals surface area (Å²) in [5.41, 5.74) is -0.457. The SMILES string of the molecule is CC(CNC(=O)c1cc(F)cc(C(F)(F)F)c1)c1nccnc1-c1nccs1. The zero-order valence-corrected chi connectivity index (χ0v) is 15.3. The minimum Gasteiger partial charge on any atom is -0.351 e. The Balaban J connectivity index is 1.75. The van der Waals surface area contributed by atoms with Gasteiger partial charge in [0.15, 0.2) is 0 Å². The van der Waals surface area contributed by atoms with E-state index in [4.69, 9.17) is 0 Å². The summed E-state index contributed by atoms with van der Waals surface area (Å²) in [6, 6.07) is 1.73.